The van der Waals surface area contributed by atoms with Gasteiger partial charge in [0.1, 0.15) is 5.82 Å². The van der Waals surface area contributed by atoms with E-state index in [1.54, 1.807) is 12.1 Å². The SMILES string of the molecule is Cc1ccc(C(N)=O)c(N2CCCN(CC(=O)O)CC2)n1. The molecule has 0 aromatic carbocycles. The van der Waals surface area contributed by atoms with Gasteiger partial charge in [-0.15, -0.1) is 0 Å². The molecule has 1 aliphatic rings. The Morgan fingerprint density at radius 2 is 2.05 bits per heavy atom. The van der Waals surface area contributed by atoms with Crippen LogP contribution in [0.3, 0.4) is 0 Å². The summed E-state index contributed by atoms with van der Waals surface area (Å²) < 4.78 is 0. The third-order valence-corrected chi connectivity index (χ3v) is 3.53. The second kappa shape index (κ2) is 6.53. The lowest BCUT2D eigenvalue weighted by Crippen LogP contribution is -2.35. The third-order valence-electron chi connectivity index (χ3n) is 3.53. The van der Waals surface area contributed by atoms with E-state index in [9.17, 15) is 9.59 Å². The molecule has 1 fully saturated rings. The number of amides is 1. The van der Waals surface area contributed by atoms with Crippen LogP contribution in [0, 0.1) is 6.92 Å². The molecule has 1 aromatic rings. The zero-order valence-electron chi connectivity index (χ0n) is 12.1. The van der Waals surface area contributed by atoms with Crippen molar-refractivity contribution in [3.8, 4) is 0 Å². The monoisotopic (exact) mass is 292 g/mol. The minimum Gasteiger partial charge on any atom is -0.480 e. The van der Waals surface area contributed by atoms with E-state index in [1.807, 2.05) is 16.7 Å². The second-order valence-electron chi connectivity index (χ2n) is 5.20. The average Bonchev–Trinajstić information content (AvgIpc) is 2.63. The Balaban J connectivity index is 2.17. The van der Waals surface area contributed by atoms with E-state index in [2.05, 4.69) is 4.98 Å². The number of hydrogen-bond donors (Lipinski definition) is 2. The van der Waals surface area contributed by atoms with Crippen LogP contribution in [0.1, 0.15) is 22.5 Å². The van der Waals surface area contributed by atoms with Crippen LogP contribution in [0.15, 0.2) is 12.1 Å². The van der Waals surface area contributed by atoms with Crippen LogP contribution in [0.4, 0.5) is 5.82 Å². The molecule has 7 heteroatoms. The first kappa shape index (κ1) is 15.2. The molecule has 0 spiro atoms. The Morgan fingerprint density at radius 1 is 1.29 bits per heavy atom. The lowest BCUT2D eigenvalue weighted by atomic mass is 10.2. The largest absolute Gasteiger partial charge is 0.480 e. The second-order valence-corrected chi connectivity index (χ2v) is 5.20. The third kappa shape index (κ3) is 3.91. The lowest BCUT2D eigenvalue weighted by Gasteiger charge is -2.24. The van der Waals surface area contributed by atoms with Crippen LogP contribution < -0.4 is 10.6 Å². The van der Waals surface area contributed by atoms with Gasteiger partial charge in [-0.1, -0.05) is 0 Å². The van der Waals surface area contributed by atoms with Gasteiger partial charge in [-0.25, -0.2) is 4.98 Å². The highest BCUT2D eigenvalue weighted by atomic mass is 16.4. The Hall–Kier alpha value is -2.15. The highest BCUT2D eigenvalue weighted by Gasteiger charge is 2.21. The number of anilines is 1. The van der Waals surface area contributed by atoms with Gasteiger partial charge >= 0.3 is 5.97 Å². The summed E-state index contributed by atoms with van der Waals surface area (Å²) in [5, 5.41) is 8.86. The molecule has 0 bridgehead atoms. The van der Waals surface area contributed by atoms with Crippen molar-refractivity contribution in [3.05, 3.63) is 23.4 Å². The number of rotatable bonds is 4. The summed E-state index contributed by atoms with van der Waals surface area (Å²) in [5.41, 5.74) is 6.64. The molecule has 1 amide bonds. The van der Waals surface area contributed by atoms with E-state index in [4.69, 9.17) is 10.8 Å². The smallest absolute Gasteiger partial charge is 0.317 e. The molecule has 0 saturated carbocycles. The van der Waals surface area contributed by atoms with Crippen LogP contribution in [0.25, 0.3) is 0 Å². The van der Waals surface area contributed by atoms with E-state index in [1.165, 1.54) is 0 Å². The molecule has 7 nitrogen and oxygen atoms in total. The quantitative estimate of drug-likeness (QED) is 0.815. The molecule has 2 rings (SSSR count). The molecule has 1 aliphatic heterocycles. The summed E-state index contributed by atoms with van der Waals surface area (Å²) in [6, 6.07) is 3.46. The van der Waals surface area contributed by atoms with Crippen LogP contribution >= 0.6 is 0 Å². The molecule has 2 heterocycles. The zero-order chi connectivity index (χ0) is 15.4. The molecule has 1 saturated heterocycles. The predicted molar refractivity (Wildman–Crippen MR) is 78.4 cm³/mol. The molecule has 0 radical (unpaired) electrons. The summed E-state index contributed by atoms with van der Waals surface area (Å²) in [7, 11) is 0. The molecule has 1 aromatic heterocycles. The van der Waals surface area contributed by atoms with E-state index in [0.717, 1.165) is 25.2 Å². The number of aryl methyl sites for hydroxylation is 1. The van der Waals surface area contributed by atoms with Crippen molar-refractivity contribution in [2.24, 2.45) is 5.73 Å². The maximum atomic E-state index is 11.5. The first-order valence-corrected chi connectivity index (χ1v) is 6.94. The number of pyridine rings is 1. The first-order chi connectivity index (χ1) is 9.97. The van der Waals surface area contributed by atoms with Crippen molar-refractivity contribution in [1.29, 1.82) is 0 Å². The van der Waals surface area contributed by atoms with Gasteiger partial charge in [-0.2, -0.15) is 0 Å². The Bertz CT molecular complexity index is 547. The average molecular weight is 292 g/mol. The number of nitrogens with two attached hydrogens (primary N) is 1. The van der Waals surface area contributed by atoms with Gasteiger partial charge in [-0.3, -0.25) is 14.5 Å². The van der Waals surface area contributed by atoms with Gasteiger partial charge in [-0.05, 0) is 25.5 Å². The normalized spacial score (nSPS) is 16.5. The summed E-state index contributed by atoms with van der Waals surface area (Å²) in [6.45, 7) is 4.61. The number of primary amides is 1. The summed E-state index contributed by atoms with van der Waals surface area (Å²) in [4.78, 5) is 30.7. The van der Waals surface area contributed by atoms with Crippen molar-refractivity contribution >= 4 is 17.7 Å². The number of carbonyl (C=O) groups is 2. The van der Waals surface area contributed by atoms with Gasteiger partial charge in [0.05, 0.1) is 12.1 Å². The molecule has 0 atom stereocenters. The van der Waals surface area contributed by atoms with Crippen molar-refractivity contribution in [3.63, 3.8) is 0 Å². The van der Waals surface area contributed by atoms with Crippen LogP contribution in [0.5, 0.6) is 0 Å². The molecule has 3 N–H and O–H groups in total. The van der Waals surface area contributed by atoms with Gasteiger partial charge in [0.15, 0.2) is 0 Å². The van der Waals surface area contributed by atoms with Gasteiger partial charge in [0.25, 0.3) is 5.91 Å². The number of carboxylic acids is 1. The summed E-state index contributed by atoms with van der Waals surface area (Å²) >= 11 is 0. The number of carbonyl (C=O) groups excluding carboxylic acids is 1. The first-order valence-electron chi connectivity index (χ1n) is 6.94. The van der Waals surface area contributed by atoms with Crippen LogP contribution in [-0.2, 0) is 4.79 Å². The number of hydrogen-bond acceptors (Lipinski definition) is 5. The number of carboxylic acid groups (broad SMARTS) is 1. The Kier molecular flexibility index (Phi) is 4.74. The fraction of sp³-hybridized carbons (Fsp3) is 0.500. The van der Waals surface area contributed by atoms with Crippen LogP contribution in [-0.4, -0.2) is 59.6 Å². The fourth-order valence-electron chi connectivity index (χ4n) is 2.51. The maximum Gasteiger partial charge on any atom is 0.317 e. The van der Waals surface area contributed by atoms with Gasteiger partial charge < -0.3 is 15.7 Å². The van der Waals surface area contributed by atoms with Crippen molar-refractivity contribution < 1.29 is 14.7 Å². The van der Waals surface area contributed by atoms with Crippen molar-refractivity contribution in [1.82, 2.24) is 9.88 Å². The Labute approximate surface area is 123 Å². The van der Waals surface area contributed by atoms with E-state index < -0.39 is 11.9 Å². The number of nitrogens with zero attached hydrogens (tertiary/aromatic N) is 3. The van der Waals surface area contributed by atoms with Crippen LogP contribution in [0.2, 0.25) is 0 Å². The minimum absolute atomic E-state index is 0.0394. The lowest BCUT2D eigenvalue weighted by molar-refractivity contribution is -0.138. The van der Waals surface area contributed by atoms with Gasteiger partial charge in [0, 0.05) is 31.9 Å². The highest BCUT2D eigenvalue weighted by Crippen LogP contribution is 2.20. The summed E-state index contributed by atoms with van der Waals surface area (Å²) in [5.74, 6) is -0.723. The van der Waals surface area contributed by atoms with Crippen molar-refractivity contribution in [2.75, 3.05) is 37.6 Å². The molecule has 21 heavy (non-hydrogen) atoms. The van der Waals surface area contributed by atoms with E-state index >= 15 is 0 Å². The summed E-state index contributed by atoms with van der Waals surface area (Å²) in [6.07, 6.45) is 0.821. The van der Waals surface area contributed by atoms with Crippen molar-refractivity contribution in [2.45, 2.75) is 13.3 Å². The highest BCUT2D eigenvalue weighted by molar-refractivity contribution is 5.97. The van der Waals surface area contributed by atoms with E-state index in [-0.39, 0.29) is 6.54 Å². The predicted octanol–water partition coefficient (Wildman–Crippen LogP) is 0.0856. The molecular weight excluding hydrogens is 272 g/mol. The molecule has 0 unspecified atom stereocenters. The number of aromatic nitrogens is 1. The standard InChI is InChI=1S/C14H20N4O3/c1-10-3-4-11(13(15)21)14(16-10)18-6-2-5-17(7-8-18)9-12(19)20/h3-4H,2,5-9H2,1H3,(H2,15,21)(H,19,20). The molecule has 114 valence electrons. The fourth-order valence-corrected chi connectivity index (χ4v) is 2.51. The maximum absolute atomic E-state index is 11.5. The van der Waals surface area contributed by atoms with E-state index in [0.29, 0.717) is 24.5 Å². The molecule has 0 aliphatic carbocycles. The van der Waals surface area contributed by atoms with Gasteiger partial charge in [0.2, 0.25) is 0 Å². The minimum atomic E-state index is -0.824. The topological polar surface area (TPSA) is 99.8 Å². The Morgan fingerprint density at radius 3 is 2.71 bits per heavy atom. The number of aliphatic carboxylic acids is 1. The zero-order valence-corrected chi connectivity index (χ0v) is 12.1. The molecular formula is C14H20N4O3.